The Kier molecular flexibility index (Phi) is 6.50. The van der Waals surface area contributed by atoms with E-state index < -0.39 is 5.41 Å². The maximum Gasteiger partial charge on any atom is 0.159 e. The zero-order valence-corrected chi connectivity index (χ0v) is 28.9. The van der Waals surface area contributed by atoms with Gasteiger partial charge in [0.2, 0.25) is 0 Å². The molecule has 0 unspecified atom stereocenters. The van der Waals surface area contributed by atoms with E-state index in [1.807, 2.05) is 6.07 Å². The van der Waals surface area contributed by atoms with Gasteiger partial charge in [-0.3, -0.25) is 0 Å². The highest BCUT2D eigenvalue weighted by Crippen LogP contribution is 2.59. The second-order valence-corrected chi connectivity index (χ2v) is 14.0. The summed E-state index contributed by atoms with van der Waals surface area (Å²) in [5, 5.41) is 2.22. The number of hydrogen-bond acceptors (Lipinski definition) is 2. The highest BCUT2D eigenvalue weighted by Gasteiger charge is 2.48. The van der Waals surface area contributed by atoms with Gasteiger partial charge in [-0.1, -0.05) is 164 Å². The number of hydrogen-bond donors (Lipinski definition) is 0. The minimum atomic E-state index is -0.470. The molecule has 0 atom stereocenters. The summed E-state index contributed by atoms with van der Waals surface area (Å²) in [6.45, 7) is 0. The summed E-state index contributed by atoms with van der Waals surface area (Å²) in [6, 6.07) is 68.2. The van der Waals surface area contributed by atoms with Crippen LogP contribution < -0.4 is 4.90 Å². The number of para-hydroxylation sites is 2. The molecule has 0 aliphatic heterocycles. The third kappa shape index (κ3) is 4.33. The Hall–Kier alpha value is -6.90. The lowest BCUT2D eigenvalue weighted by Crippen LogP contribution is -2.29. The predicted octanol–water partition coefficient (Wildman–Crippen LogP) is 13.6. The molecule has 11 rings (SSSR count). The van der Waals surface area contributed by atoms with Gasteiger partial charge < -0.3 is 9.32 Å². The van der Waals surface area contributed by atoms with Crippen LogP contribution in [0.25, 0.3) is 56.3 Å². The van der Waals surface area contributed by atoms with E-state index in [0.717, 1.165) is 39.0 Å². The topological polar surface area (TPSA) is 16.4 Å². The molecule has 0 saturated carbocycles. The van der Waals surface area contributed by atoms with Crippen LogP contribution in [0.4, 0.5) is 17.1 Å². The summed E-state index contributed by atoms with van der Waals surface area (Å²) in [7, 11) is 0. The SMILES string of the molecule is C1=Cc2ccccc2C2(c3ccccc31)c1ccccc1-c1cc(N(c3ccc(-c4ccccc4)cc3)c3cccc4c3oc3ccccc34)ccc12. The maximum atomic E-state index is 6.68. The standard InChI is InChI=1S/C51H33NO/c1-2-13-34(14-3-1)35-27-29-38(30-28-35)52(48-23-12-19-42-41-18-7-11-24-49(41)53-50(42)48)39-31-32-47-43(33-39)40-17-6-10-22-46(40)51(47)44-20-8-4-15-36(44)25-26-37-16-5-9-21-45(37)51/h1-33H. The van der Waals surface area contributed by atoms with Crippen molar-refractivity contribution in [3.05, 3.63) is 221 Å². The van der Waals surface area contributed by atoms with E-state index in [1.54, 1.807) is 0 Å². The highest BCUT2D eigenvalue weighted by atomic mass is 16.3. The quantitative estimate of drug-likeness (QED) is 0.185. The van der Waals surface area contributed by atoms with E-state index in [2.05, 4.69) is 199 Å². The van der Waals surface area contributed by atoms with E-state index in [0.29, 0.717) is 0 Å². The van der Waals surface area contributed by atoms with Crippen molar-refractivity contribution in [2.24, 2.45) is 0 Å². The van der Waals surface area contributed by atoms with Crippen molar-refractivity contribution >= 4 is 51.2 Å². The van der Waals surface area contributed by atoms with Gasteiger partial charge in [0.15, 0.2) is 5.58 Å². The number of rotatable bonds is 4. The van der Waals surface area contributed by atoms with Crippen molar-refractivity contribution in [2.45, 2.75) is 5.41 Å². The molecule has 2 heteroatoms. The molecule has 2 aliphatic carbocycles. The zero-order valence-electron chi connectivity index (χ0n) is 28.9. The van der Waals surface area contributed by atoms with Gasteiger partial charge in [-0.25, -0.2) is 0 Å². The molecule has 1 spiro atoms. The fourth-order valence-corrected chi connectivity index (χ4v) is 9.05. The van der Waals surface area contributed by atoms with Crippen molar-refractivity contribution in [1.82, 2.24) is 0 Å². The summed E-state index contributed by atoms with van der Waals surface area (Å²) in [6.07, 6.45) is 4.57. The van der Waals surface area contributed by atoms with Gasteiger partial charge >= 0.3 is 0 Å². The Morgan fingerprint density at radius 3 is 1.75 bits per heavy atom. The second-order valence-electron chi connectivity index (χ2n) is 14.0. The van der Waals surface area contributed by atoms with E-state index in [-0.39, 0.29) is 0 Å². The normalized spacial score (nSPS) is 13.4. The summed E-state index contributed by atoms with van der Waals surface area (Å²) >= 11 is 0. The summed E-state index contributed by atoms with van der Waals surface area (Å²) in [5.41, 5.74) is 17.0. The first kappa shape index (κ1) is 29.8. The highest BCUT2D eigenvalue weighted by molar-refractivity contribution is 6.10. The Morgan fingerprint density at radius 2 is 0.981 bits per heavy atom. The molecular weight excluding hydrogens is 643 g/mol. The number of nitrogens with zero attached hydrogens (tertiary/aromatic N) is 1. The molecule has 0 amide bonds. The first-order valence-electron chi connectivity index (χ1n) is 18.3. The van der Waals surface area contributed by atoms with Gasteiger partial charge in [-0.15, -0.1) is 0 Å². The number of benzene rings is 8. The fraction of sp³-hybridized carbons (Fsp3) is 0.0196. The van der Waals surface area contributed by atoms with Gasteiger partial charge in [0.05, 0.1) is 11.1 Å². The zero-order chi connectivity index (χ0) is 34.9. The largest absolute Gasteiger partial charge is 0.454 e. The van der Waals surface area contributed by atoms with Gasteiger partial charge in [-0.2, -0.15) is 0 Å². The van der Waals surface area contributed by atoms with Crippen molar-refractivity contribution < 1.29 is 4.42 Å². The molecular formula is C51H33NO. The molecule has 0 saturated heterocycles. The second kappa shape index (κ2) is 11.6. The van der Waals surface area contributed by atoms with E-state index >= 15 is 0 Å². The summed E-state index contributed by atoms with van der Waals surface area (Å²) < 4.78 is 6.68. The number of furan rings is 1. The van der Waals surface area contributed by atoms with Crippen molar-refractivity contribution in [3.8, 4) is 22.3 Å². The van der Waals surface area contributed by atoms with Crippen molar-refractivity contribution in [1.29, 1.82) is 0 Å². The Balaban J connectivity index is 1.17. The Labute approximate surface area is 308 Å². The molecule has 2 aliphatic rings. The molecule has 53 heavy (non-hydrogen) atoms. The molecule has 0 bridgehead atoms. The Morgan fingerprint density at radius 1 is 0.396 bits per heavy atom. The Bertz CT molecular complexity index is 2850. The van der Waals surface area contributed by atoms with Crippen LogP contribution in [0, 0.1) is 0 Å². The van der Waals surface area contributed by atoms with Crippen LogP contribution in [0.15, 0.2) is 192 Å². The number of anilines is 3. The minimum Gasteiger partial charge on any atom is -0.454 e. The average molecular weight is 676 g/mol. The number of fused-ring (bicyclic) bond motifs is 12. The van der Waals surface area contributed by atoms with Crippen LogP contribution >= 0.6 is 0 Å². The van der Waals surface area contributed by atoms with Crippen molar-refractivity contribution in [3.63, 3.8) is 0 Å². The van der Waals surface area contributed by atoms with Crippen molar-refractivity contribution in [2.75, 3.05) is 4.90 Å². The predicted molar refractivity (Wildman–Crippen MR) is 220 cm³/mol. The third-order valence-electron chi connectivity index (χ3n) is 11.3. The fourth-order valence-electron chi connectivity index (χ4n) is 9.05. The van der Waals surface area contributed by atoms with Gasteiger partial charge in [-0.05, 0) is 92.0 Å². The third-order valence-corrected chi connectivity index (χ3v) is 11.3. The van der Waals surface area contributed by atoms with Crippen LogP contribution in [0.5, 0.6) is 0 Å². The first-order valence-corrected chi connectivity index (χ1v) is 18.3. The van der Waals surface area contributed by atoms with E-state index in [4.69, 9.17) is 4.42 Å². The molecule has 2 nitrogen and oxygen atoms in total. The molecule has 248 valence electrons. The molecule has 9 aromatic rings. The first-order chi connectivity index (χ1) is 26.3. The summed E-state index contributed by atoms with van der Waals surface area (Å²) in [4.78, 5) is 2.36. The molecule has 1 heterocycles. The molecule has 1 aromatic heterocycles. The van der Waals surface area contributed by atoms with Gasteiger partial charge in [0.25, 0.3) is 0 Å². The van der Waals surface area contributed by atoms with Crippen LogP contribution in [-0.2, 0) is 5.41 Å². The van der Waals surface area contributed by atoms with Gasteiger partial charge in [0, 0.05) is 22.1 Å². The minimum absolute atomic E-state index is 0.470. The molecule has 0 N–H and O–H groups in total. The smallest absolute Gasteiger partial charge is 0.159 e. The molecule has 8 aromatic carbocycles. The average Bonchev–Trinajstić information content (AvgIpc) is 3.70. The molecule has 0 fully saturated rings. The molecule has 0 radical (unpaired) electrons. The van der Waals surface area contributed by atoms with Crippen LogP contribution in [0.1, 0.15) is 33.4 Å². The van der Waals surface area contributed by atoms with Gasteiger partial charge in [0.1, 0.15) is 5.58 Å². The van der Waals surface area contributed by atoms with E-state index in [9.17, 15) is 0 Å². The van der Waals surface area contributed by atoms with Crippen LogP contribution in [0.3, 0.4) is 0 Å². The lowest BCUT2D eigenvalue weighted by atomic mass is 9.66. The van der Waals surface area contributed by atoms with Crippen LogP contribution in [0.2, 0.25) is 0 Å². The lowest BCUT2D eigenvalue weighted by molar-refractivity contribution is 0.669. The van der Waals surface area contributed by atoms with E-state index in [1.165, 1.54) is 55.6 Å². The summed E-state index contributed by atoms with van der Waals surface area (Å²) in [5.74, 6) is 0. The van der Waals surface area contributed by atoms with Crippen LogP contribution in [-0.4, -0.2) is 0 Å². The maximum absolute atomic E-state index is 6.68. The lowest BCUT2D eigenvalue weighted by Gasteiger charge is -2.35. The monoisotopic (exact) mass is 675 g/mol.